The van der Waals surface area contributed by atoms with Crippen LogP contribution in [0.4, 0.5) is 0 Å². The van der Waals surface area contributed by atoms with Crippen LogP contribution in [-0.4, -0.2) is 11.7 Å². The van der Waals surface area contributed by atoms with E-state index in [4.69, 9.17) is 4.18 Å². The van der Waals surface area contributed by atoms with E-state index in [1.165, 1.54) is 24.9 Å². The summed E-state index contributed by atoms with van der Waals surface area (Å²) >= 11 is 1.30. The molecule has 0 aliphatic carbocycles. The normalized spacial score (nSPS) is 10.0. The quantitative estimate of drug-likeness (QED) is 0.446. The molecule has 0 aliphatic heterocycles. The maximum absolute atomic E-state index is 11.0. The summed E-state index contributed by atoms with van der Waals surface area (Å²) < 4.78 is 4.97. The predicted octanol–water partition coefficient (Wildman–Crippen LogP) is 3.56. The lowest BCUT2D eigenvalue weighted by molar-refractivity contribution is -0.133. The Morgan fingerprint density at radius 1 is 1.15 bits per heavy atom. The van der Waals surface area contributed by atoms with Gasteiger partial charge in [-0.05, 0) is 12.8 Å². The van der Waals surface area contributed by atoms with Crippen molar-refractivity contribution in [1.82, 2.24) is 0 Å². The first kappa shape index (κ1) is 12.8. The van der Waals surface area contributed by atoms with E-state index >= 15 is 0 Å². The summed E-state index contributed by atoms with van der Waals surface area (Å²) in [4.78, 5) is 11.0. The van der Waals surface area contributed by atoms with Crippen molar-refractivity contribution in [3.63, 3.8) is 0 Å². The van der Waals surface area contributed by atoms with Crippen molar-refractivity contribution in [2.45, 2.75) is 52.4 Å². The molecule has 0 aromatic carbocycles. The molecule has 0 aromatic heterocycles. The molecular formula is C10H20O2S. The van der Waals surface area contributed by atoms with Crippen LogP contribution in [0.3, 0.4) is 0 Å². The molecule has 2 nitrogen and oxygen atoms in total. The van der Waals surface area contributed by atoms with Crippen molar-refractivity contribution >= 4 is 18.0 Å². The van der Waals surface area contributed by atoms with Crippen LogP contribution in [0.5, 0.6) is 0 Å². The van der Waals surface area contributed by atoms with Crippen LogP contribution in [0.2, 0.25) is 0 Å². The van der Waals surface area contributed by atoms with Gasteiger partial charge in [0.15, 0.2) is 0 Å². The van der Waals surface area contributed by atoms with E-state index in [1.807, 2.05) is 0 Å². The number of rotatable bonds is 8. The minimum atomic E-state index is -0.0663. The summed E-state index contributed by atoms with van der Waals surface area (Å²) in [6.07, 6.45) is 6.13. The average molecular weight is 204 g/mol. The van der Waals surface area contributed by atoms with Crippen molar-refractivity contribution in [2.24, 2.45) is 0 Å². The summed E-state index contributed by atoms with van der Waals surface area (Å²) in [6, 6.07) is 0. The van der Waals surface area contributed by atoms with E-state index < -0.39 is 0 Å². The van der Waals surface area contributed by atoms with Crippen molar-refractivity contribution in [3.8, 4) is 0 Å². The highest BCUT2D eigenvalue weighted by molar-refractivity contribution is 7.95. The topological polar surface area (TPSA) is 26.3 Å². The van der Waals surface area contributed by atoms with Gasteiger partial charge in [0, 0.05) is 12.2 Å². The SMILES string of the molecule is CCCCCSOC(=O)CCCC. The third kappa shape index (κ3) is 9.74. The van der Waals surface area contributed by atoms with Gasteiger partial charge in [0.05, 0.1) is 12.0 Å². The smallest absolute Gasteiger partial charge is 0.317 e. The maximum atomic E-state index is 11.0. The molecule has 0 heterocycles. The van der Waals surface area contributed by atoms with Crippen molar-refractivity contribution in [3.05, 3.63) is 0 Å². The van der Waals surface area contributed by atoms with Crippen molar-refractivity contribution in [2.75, 3.05) is 5.75 Å². The zero-order valence-electron chi connectivity index (χ0n) is 8.67. The average Bonchev–Trinajstić information content (AvgIpc) is 2.14. The van der Waals surface area contributed by atoms with Gasteiger partial charge >= 0.3 is 5.97 Å². The Morgan fingerprint density at radius 3 is 2.46 bits per heavy atom. The van der Waals surface area contributed by atoms with Gasteiger partial charge in [-0.2, -0.15) is 0 Å². The number of hydrogen-bond acceptors (Lipinski definition) is 3. The summed E-state index contributed by atoms with van der Waals surface area (Å²) in [5.41, 5.74) is 0. The molecule has 0 bridgehead atoms. The molecule has 13 heavy (non-hydrogen) atoms. The second-order valence-electron chi connectivity index (χ2n) is 3.09. The Balaban J connectivity index is 3.08. The Labute approximate surface area is 85.6 Å². The number of carbonyl (C=O) groups excluding carboxylic acids is 1. The van der Waals surface area contributed by atoms with E-state index in [2.05, 4.69) is 13.8 Å². The van der Waals surface area contributed by atoms with Crippen LogP contribution in [0.15, 0.2) is 0 Å². The van der Waals surface area contributed by atoms with Crippen LogP contribution in [0.25, 0.3) is 0 Å². The fourth-order valence-electron chi connectivity index (χ4n) is 0.881. The van der Waals surface area contributed by atoms with Gasteiger partial charge in [-0.15, -0.1) is 0 Å². The van der Waals surface area contributed by atoms with Crippen molar-refractivity contribution < 1.29 is 8.98 Å². The zero-order chi connectivity index (χ0) is 9.94. The highest BCUT2D eigenvalue weighted by Crippen LogP contribution is 2.10. The van der Waals surface area contributed by atoms with E-state index in [0.717, 1.165) is 25.0 Å². The molecule has 0 rings (SSSR count). The molecule has 78 valence electrons. The number of hydrogen-bond donors (Lipinski definition) is 0. The van der Waals surface area contributed by atoms with E-state index in [-0.39, 0.29) is 5.97 Å². The van der Waals surface area contributed by atoms with Gasteiger partial charge in [-0.3, -0.25) is 4.79 Å². The summed E-state index contributed by atoms with van der Waals surface area (Å²) in [5, 5.41) is 0. The zero-order valence-corrected chi connectivity index (χ0v) is 9.49. The van der Waals surface area contributed by atoms with Crippen LogP contribution in [0, 0.1) is 0 Å². The van der Waals surface area contributed by atoms with Crippen molar-refractivity contribution in [1.29, 1.82) is 0 Å². The molecule has 0 saturated carbocycles. The lowest BCUT2D eigenvalue weighted by Crippen LogP contribution is -1.98. The highest BCUT2D eigenvalue weighted by Gasteiger charge is 2.01. The Hall–Kier alpha value is -0.180. The molecule has 0 spiro atoms. The Kier molecular flexibility index (Phi) is 9.77. The molecule has 0 atom stereocenters. The molecular weight excluding hydrogens is 184 g/mol. The summed E-state index contributed by atoms with van der Waals surface area (Å²) in [7, 11) is 0. The van der Waals surface area contributed by atoms with Crippen LogP contribution >= 0.6 is 12.0 Å². The first-order chi connectivity index (χ1) is 6.31. The van der Waals surface area contributed by atoms with Crippen LogP contribution in [0.1, 0.15) is 52.4 Å². The predicted molar refractivity (Wildman–Crippen MR) is 57.6 cm³/mol. The second kappa shape index (κ2) is 9.90. The standard InChI is InChI=1S/C10H20O2S/c1-3-5-7-9-13-12-10(11)8-6-4-2/h3-9H2,1-2H3. The van der Waals surface area contributed by atoms with Gasteiger partial charge in [0.25, 0.3) is 0 Å². The lowest BCUT2D eigenvalue weighted by atomic mass is 10.3. The van der Waals surface area contributed by atoms with Gasteiger partial charge in [-0.25, -0.2) is 0 Å². The first-order valence-electron chi connectivity index (χ1n) is 5.13. The molecule has 0 aromatic rings. The van der Waals surface area contributed by atoms with Crippen LogP contribution < -0.4 is 0 Å². The highest BCUT2D eigenvalue weighted by atomic mass is 32.2. The number of unbranched alkanes of at least 4 members (excludes halogenated alkanes) is 3. The van der Waals surface area contributed by atoms with Gasteiger partial charge < -0.3 is 4.18 Å². The first-order valence-corrected chi connectivity index (χ1v) is 6.04. The molecule has 0 amide bonds. The third-order valence-electron chi connectivity index (χ3n) is 1.72. The minimum absolute atomic E-state index is 0.0663. The Bertz CT molecular complexity index is 126. The van der Waals surface area contributed by atoms with Gasteiger partial charge in [0.2, 0.25) is 0 Å². The van der Waals surface area contributed by atoms with E-state index in [1.54, 1.807) is 0 Å². The Morgan fingerprint density at radius 2 is 1.85 bits per heavy atom. The van der Waals surface area contributed by atoms with E-state index in [0.29, 0.717) is 6.42 Å². The van der Waals surface area contributed by atoms with Crippen LogP contribution in [-0.2, 0) is 8.98 Å². The lowest BCUT2D eigenvalue weighted by Gasteiger charge is -2.01. The fourth-order valence-corrected chi connectivity index (χ4v) is 1.50. The molecule has 0 fully saturated rings. The molecule has 0 saturated heterocycles. The monoisotopic (exact) mass is 204 g/mol. The maximum Gasteiger partial charge on any atom is 0.317 e. The third-order valence-corrected chi connectivity index (χ3v) is 2.48. The molecule has 0 N–H and O–H groups in total. The molecule has 0 radical (unpaired) electrons. The minimum Gasteiger partial charge on any atom is -0.391 e. The summed E-state index contributed by atoms with van der Waals surface area (Å²) in [5.74, 6) is 0.870. The van der Waals surface area contributed by atoms with E-state index in [9.17, 15) is 4.79 Å². The molecule has 3 heteroatoms. The van der Waals surface area contributed by atoms with Gasteiger partial charge in [-0.1, -0.05) is 33.1 Å². The number of carbonyl (C=O) groups is 1. The second-order valence-corrected chi connectivity index (χ2v) is 3.90. The largest absolute Gasteiger partial charge is 0.391 e. The van der Waals surface area contributed by atoms with Gasteiger partial charge in [0.1, 0.15) is 0 Å². The fraction of sp³-hybridized carbons (Fsp3) is 0.900. The molecule has 0 aliphatic rings. The molecule has 0 unspecified atom stereocenters. The summed E-state index contributed by atoms with van der Waals surface area (Å²) in [6.45, 7) is 4.24.